The predicted molar refractivity (Wildman–Crippen MR) is 138 cm³/mol. The summed E-state index contributed by atoms with van der Waals surface area (Å²) in [5.41, 5.74) is 11.5. The number of benzene rings is 3. The number of aromatic amines is 1. The summed E-state index contributed by atoms with van der Waals surface area (Å²) in [5, 5.41) is 6.75. The molecular weight excluding hydrogens is 480 g/mol. The zero-order valence-electron chi connectivity index (χ0n) is 18.6. The van der Waals surface area contributed by atoms with Crippen LogP contribution in [0.1, 0.15) is 22.6 Å². The summed E-state index contributed by atoms with van der Waals surface area (Å²) >= 11 is 6.12. The Hall–Kier alpha value is -3.66. The fraction of sp³-hybridized carbons (Fsp3) is 0.154. The normalized spacial score (nSPS) is 13.1. The molecular formula is C26H22N4O3S2. The van der Waals surface area contributed by atoms with Crippen LogP contribution in [0.5, 0.6) is 0 Å². The first-order chi connectivity index (χ1) is 17.0. The van der Waals surface area contributed by atoms with Gasteiger partial charge in [0.15, 0.2) is 3.95 Å². The standard InChI is InChI=1S/C26H22N4O3S2/c27-22(14-16-8-2-1-3-9-16)23(31)30(24-28-29-25(34)35-24)26(32)33-15-21-19-12-6-4-10-17(19)18-11-5-7-13-20(18)21/h1-13,21-22H,14-15,27H2,(H,29,34)/t22-/m0/s1. The number of H-pyrrole nitrogens is 1. The van der Waals surface area contributed by atoms with E-state index in [4.69, 9.17) is 22.7 Å². The maximum Gasteiger partial charge on any atom is 0.423 e. The van der Waals surface area contributed by atoms with Gasteiger partial charge in [-0.1, -0.05) is 90.2 Å². The summed E-state index contributed by atoms with van der Waals surface area (Å²) in [5.74, 6) is -0.748. The molecule has 1 atom stereocenters. The number of nitrogens with one attached hydrogen (secondary N) is 1. The van der Waals surface area contributed by atoms with Gasteiger partial charge in [-0.3, -0.25) is 9.89 Å². The van der Waals surface area contributed by atoms with Gasteiger partial charge >= 0.3 is 6.09 Å². The van der Waals surface area contributed by atoms with Crippen molar-refractivity contribution in [2.24, 2.45) is 5.73 Å². The molecule has 5 rings (SSSR count). The molecule has 0 saturated carbocycles. The van der Waals surface area contributed by atoms with Crippen molar-refractivity contribution in [1.29, 1.82) is 0 Å². The van der Waals surface area contributed by atoms with Crippen LogP contribution in [0.3, 0.4) is 0 Å². The molecule has 7 nitrogen and oxygen atoms in total. The van der Waals surface area contributed by atoms with Crippen molar-refractivity contribution in [1.82, 2.24) is 10.2 Å². The molecule has 1 heterocycles. The number of amides is 2. The highest BCUT2D eigenvalue weighted by Gasteiger charge is 2.34. The van der Waals surface area contributed by atoms with Gasteiger partial charge in [-0.2, -0.15) is 4.90 Å². The highest BCUT2D eigenvalue weighted by molar-refractivity contribution is 7.73. The molecule has 0 aliphatic heterocycles. The number of fused-ring (bicyclic) bond motifs is 3. The Bertz CT molecular complexity index is 1390. The molecule has 35 heavy (non-hydrogen) atoms. The Morgan fingerprint density at radius 1 is 1.00 bits per heavy atom. The molecule has 3 aromatic carbocycles. The smallest absolute Gasteiger partial charge is 0.423 e. The fourth-order valence-corrected chi connectivity index (χ4v) is 5.23. The molecule has 176 valence electrons. The molecule has 0 spiro atoms. The Kier molecular flexibility index (Phi) is 6.54. The molecule has 0 bridgehead atoms. The van der Waals surface area contributed by atoms with E-state index in [1.165, 1.54) is 0 Å². The monoisotopic (exact) mass is 502 g/mol. The largest absolute Gasteiger partial charge is 0.448 e. The van der Waals surface area contributed by atoms with Gasteiger partial charge in [0.2, 0.25) is 5.13 Å². The number of anilines is 1. The number of aromatic nitrogens is 2. The lowest BCUT2D eigenvalue weighted by Crippen LogP contribution is -2.48. The lowest BCUT2D eigenvalue weighted by atomic mass is 9.98. The van der Waals surface area contributed by atoms with E-state index >= 15 is 0 Å². The van der Waals surface area contributed by atoms with Crippen molar-refractivity contribution in [3.8, 4) is 11.1 Å². The van der Waals surface area contributed by atoms with Gasteiger partial charge in [-0.25, -0.2) is 4.79 Å². The molecule has 4 aromatic rings. The molecule has 1 aromatic heterocycles. The number of nitrogens with two attached hydrogens (primary N) is 1. The maximum absolute atomic E-state index is 13.3. The van der Waals surface area contributed by atoms with Gasteiger partial charge in [0.25, 0.3) is 5.91 Å². The second-order valence-electron chi connectivity index (χ2n) is 8.17. The number of imide groups is 1. The number of carbonyl (C=O) groups excluding carboxylic acids is 2. The first-order valence-electron chi connectivity index (χ1n) is 11.1. The zero-order valence-corrected chi connectivity index (χ0v) is 20.2. The minimum absolute atomic E-state index is 0.0698. The third kappa shape index (κ3) is 4.66. The summed E-state index contributed by atoms with van der Waals surface area (Å²) in [6, 6.07) is 24.5. The fourth-order valence-electron chi connectivity index (χ4n) is 4.36. The SMILES string of the molecule is N[C@@H](Cc1ccccc1)C(=O)N(C(=O)OCC1c2ccccc2-c2ccccc21)c1n[nH]c(=S)s1. The number of hydrogen-bond acceptors (Lipinski definition) is 7. The molecule has 2 amide bonds. The topological polar surface area (TPSA) is 101 Å². The lowest BCUT2D eigenvalue weighted by Gasteiger charge is -2.22. The quantitative estimate of drug-likeness (QED) is 0.358. The van der Waals surface area contributed by atoms with Gasteiger partial charge in [-0.15, -0.1) is 5.10 Å². The van der Waals surface area contributed by atoms with E-state index in [-0.39, 0.29) is 24.1 Å². The summed E-state index contributed by atoms with van der Waals surface area (Å²) in [4.78, 5) is 27.5. The van der Waals surface area contributed by atoms with Crippen LogP contribution < -0.4 is 10.6 Å². The van der Waals surface area contributed by atoms with Gasteiger partial charge in [0.1, 0.15) is 6.61 Å². The second kappa shape index (κ2) is 9.91. The molecule has 9 heteroatoms. The van der Waals surface area contributed by atoms with Crippen molar-refractivity contribution in [2.75, 3.05) is 11.5 Å². The Morgan fingerprint density at radius 3 is 2.20 bits per heavy atom. The van der Waals surface area contributed by atoms with E-state index in [0.717, 1.165) is 44.1 Å². The summed E-state index contributed by atoms with van der Waals surface area (Å²) < 4.78 is 6.05. The van der Waals surface area contributed by atoms with E-state index in [9.17, 15) is 9.59 Å². The van der Waals surface area contributed by atoms with Crippen molar-refractivity contribution < 1.29 is 14.3 Å². The van der Waals surface area contributed by atoms with Crippen molar-refractivity contribution in [3.05, 3.63) is 99.5 Å². The van der Waals surface area contributed by atoms with Crippen LogP contribution >= 0.6 is 23.6 Å². The number of nitrogens with zero attached hydrogens (tertiary/aromatic N) is 2. The van der Waals surface area contributed by atoms with E-state index < -0.39 is 18.0 Å². The zero-order chi connectivity index (χ0) is 24.4. The number of ether oxygens (including phenoxy) is 1. The van der Waals surface area contributed by atoms with E-state index in [0.29, 0.717) is 3.95 Å². The molecule has 0 unspecified atom stereocenters. The second-order valence-corrected chi connectivity index (χ2v) is 9.81. The van der Waals surface area contributed by atoms with E-state index in [2.05, 4.69) is 22.3 Å². The number of rotatable bonds is 6. The van der Waals surface area contributed by atoms with Crippen molar-refractivity contribution in [2.45, 2.75) is 18.4 Å². The van der Waals surface area contributed by atoms with Gasteiger partial charge in [-0.05, 0) is 46.5 Å². The minimum Gasteiger partial charge on any atom is -0.448 e. The third-order valence-electron chi connectivity index (χ3n) is 5.97. The van der Waals surface area contributed by atoms with Crippen LogP contribution in [-0.4, -0.2) is 34.8 Å². The maximum atomic E-state index is 13.3. The number of carbonyl (C=O) groups is 2. The minimum atomic E-state index is -0.963. The van der Waals surface area contributed by atoms with E-state index in [1.54, 1.807) is 0 Å². The highest BCUT2D eigenvalue weighted by atomic mass is 32.1. The van der Waals surface area contributed by atoms with Crippen LogP contribution in [0.25, 0.3) is 11.1 Å². The summed E-state index contributed by atoms with van der Waals surface area (Å²) in [6.07, 6.45) is -0.569. The first-order valence-corrected chi connectivity index (χ1v) is 12.3. The first kappa shape index (κ1) is 23.1. The van der Waals surface area contributed by atoms with E-state index in [1.807, 2.05) is 66.7 Å². The number of hydrogen-bond donors (Lipinski definition) is 2. The van der Waals surface area contributed by atoms with Crippen LogP contribution in [0.4, 0.5) is 9.93 Å². The molecule has 3 N–H and O–H groups in total. The van der Waals surface area contributed by atoms with Gasteiger partial charge in [0, 0.05) is 5.92 Å². The average molecular weight is 503 g/mol. The average Bonchev–Trinajstić information content (AvgIpc) is 3.44. The summed E-state index contributed by atoms with van der Waals surface area (Å²) in [7, 11) is 0. The molecule has 0 radical (unpaired) electrons. The van der Waals surface area contributed by atoms with Gasteiger partial charge in [0.05, 0.1) is 6.04 Å². The van der Waals surface area contributed by atoms with Crippen molar-refractivity contribution in [3.63, 3.8) is 0 Å². The highest BCUT2D eigenvalue weighted by Crippen LogP contribution is 2.44. The predicted octanol–water partition coefficient (Wildman–Crippen LogP) is 5.05. The van der Waals surface area contributed by atoms with Gasteiger partial charge < -0.3 is 10.5 Å². The lowest BCUT2D eigenvalue weighted by molar-refractivity contribution is -0.119. The molecule has 1 aliphatic rings. The van der Waals surface area contributed by atoms with Crippen LogP contribution in [0, 0.1) is 3.95 Å². The summed E-state index contributed by atoms with van der Waals surface area (Å²) in [6.45, 7) is 0.0698. The van der Waals surface area contributed by atoms with Crippen LogP contribution in [0.15, 0.2) is 78.9 Å². The molecule has 1 aliphatic carbocycles. The van der Waals surface area contributed by atoms with Crippen molar-refractivity contribution >= 4 is 40.7 Å². The third-order valence-corrected chi connectivity index (χ3v) is 7.05. The Morgan fingerprint density at radius 2 is 1.60 bits per heavy atom. The Labute approximate surface area is 211 Å². The van der Waals surface area contributed by atoms with Crippen LogP contribution in [-0.2, 0) is 16.0 Å². The molecule has 0 fully saturated rings. The van der Waals surface area contributed by atoms with Crippen LogP contribution in [0.2, 0.25) is 0 Å². The Balaban J connectivity index is 1.38. The molecule has 0 saturated heterocycles.